The minimum absolute atomic E-state index is 0.00600. The second-order valence-corrected chi connectivity index (χ2v) is 6.96. The number of hydrogen-bond donors (Lipinski definition) is 1. The van der Waals surface area contributed by atoms with Crippen LogP contribution in [-0.4, -0.2) is 32.1 Å². The number of benzene rings is 2. The van der Waals surface area contributed by atoms with Gasteiger partial charge in [-0.25, -0.2) is 0 Å². The van der Waals surface area contributed by atoms with Crippen molar-refractivity contribution in [1.82, 2.24) is 4.90 Å². The Morgan fingerprint density at radius 1 is 0.818 bits per heavy atom. The summed E-state index contributed by atoms with van der Waals surface area (Å²) in [7, 11) is 4.25. The first-order valence-corrected chi connectivity index (χ1v) is 7.90. The van der Waals surface area contributed by atoms with Gasteiger partial charge >= 0.3 is 0 Å². The minimum Gasteiger partial charge on any atom is -0.329 e. The average molecular weight is 296 g/mol. The van der Waals surface area contributed by atoms with Crippen LogP contribution in [0.2, 0.25) is 0 Å². The lowest BCUT2D eigenvalue weighted by Crippen LogP contribution is -2.52. The summed E-state index contributed by atoms with van der Waals surface area (Å²) in [4.78, 5) is 2.25. The van der Waals surface area contributed by atoms with Crippen molar-refractivity contribution in [2.45, 2.75) is 19.3 Å². The molecule has 0 aromatic heterocycles. The van der Waals surface area contributed by atoms with Gasteiger partial charge in [0.1, 0.15) is 0 Å². The van der Waals surface area contributed by atoms with E-state index in [9.17, 15) is 0 Å². The van der Waals surface area contributed by atoms with Crippen molar-refractivity contribution in [2.75, 3.05) is 27.2 Å². The van der Waals surface area contributed by atoms with Crippen LogP contribution in [0, 0.1) is 5.41 Å². The summed E-state index contributed by atoms with van der Waals surface area (Å²) in [6, 6.07) is 21.4. The molecule has 2 heteroatoms. The molecule has 2 N–H and O–H groups in total. The van der Waals surface area contributed by atoms with Crippen molar-refractivity contribution in [3.05, 3.63) is 71.8 Å². The van der Waals surface area contributed by atoms with E-state index in [-0.39, 0.29) is 10.8 Å². The molecule has 0 spiro atoms. The zero-order valence-electron chi connectivity index (χ0n) is 14.2. The molecule has 2 aromatic rings. The van der Waals surface area contributed by atoms with E-state index in [2.05, 4.69) is 93.5 Å². The highest BCUT2D eigenvalue weighted by Crippen LogP contribution is 2.46. The maximum atomic E-state index is 6.42. The van der Waals surface area contributed by atoms with Gasteiger partial charge in [0, 0.05) is 18.5 Å². The third kappa shape index (κ3) is 2.94. The first-order valence-electron chi connectivity index (χ1n) is 7.90. The molecular weight excluding hydrogens is 268 g/mol. The molecule has 2 aromatic carbocycles. The molecule has 22 heavy (non-hydrogen) atoms. The predicted molar refractivity (Wildman–Crippen MR) is 95.1 cm³/mol. The Bertz CT molecular complexity index is 534. The SMILES string of the molecule is CN(C)CC(C)(C)C(CN)(c1ccccc1)c1ccccc1. The van der Waals surface area contributed by atoms with Gasteiger partial charge in [-0.3, -0.25) is 0 Å². The highest BCUT2D eigenvalue weighted by Gasteiger charge is 2.46. The standard InChI is InChI=1S/C20H28N2/c1-19(2,16-22(3)4)20(15-21,17-11-7-5-8-12-17)18-13-9-6-10-14-18/h5-14H,15-16,21H2,1-4H3. The van der Waals surface area contributed by atoms with E-state index in [1.165, 1.54) is 11.1 Å². The van der Waals surface area contributed by atoms with Crippen LogP contribution >= 0.6 is 0 Å². The molecule has 0 aliphatic heterocycles. The topological polar surface area (TPSA) is 29.3 Å². The Labute approximate surface area is 135 Å². The lowest BCUT2D eigenvalue weighted by molar-refractivity contribution is 0.147. The number of nitrogens with two attached hydrogens (primary N) is 1. The number of nitrogens with zero attached hydrogens (tertiary/aromatic N) is 1. The largest absolute Gasteiger partial charge is 0.329 e. The molecule has 0 saturated heterocycles. The van der Waals surface area contributed by atoms with Gasteiger partial charge in [-0.1, -0.05) is 74.5 Å². The second-order valence-electron chi connectivity index (χ2n) is 6.96. The van der Waals surface area contributed by atoms with Crippen LogP contribution in [0.3, 0.4) is 0 Å². The molecule has 2 rings (SSSR count). The molecule has 0 aliphatic rings. The van der Waals surface area contributed by atoms with Crippen LogP contribution in [0.5, 0.6) is 0 Å². The van der Waals surface area contributed by atoms with Gasteiger partial charge in [0.05, 0.1) is 0 Å². The minimum atomic E-state index is -0.209. The molecule has 0 heterocycles. The zero-order chi connectivity index (χ0) is 16.2. The summed E-state index contributed by atoms with van der Waals surface area (Å²) in [6.45, 7) is 6.19. The van der Waals surface area contributed by atoms with Gasteiger partial charge in [0.25, 0.3) is 0 Å². The van der Waals surface area contributed by atoms with E-state index in [1.54, 1.807) is 0 Å². The normalized spacial score (nSPS) is 12.6. The summed E-state index contributed by atoms with van der Waals surface area (Å²) < 4.78 is 0. The summed E-state index contributed by atoms with van der Waals surface area (Å²) >= 11 is 0. The van der Waals surface area contributed by atoms with E-state index in [4.69, 9.17) is 5.73 Å². The molecule has 0 amide bonds. The van der Waals surface area contributed by atoms with Crippen molar-refractivity contribution >= 4 is 0 Å². The fourth-order valence-electron chi connectivity index (χ4n) is 3.83. The highest BCUT2D eigenvalue weighted by molar-refractivity contribution is 5.42. The van der Waals surface area contributed by atoms with E-state index in [1.807, 2.05) is 0 Å². The quantitative estimate of drug-likeness (QED) is 0.884. The smallest absolute Gasteiger partial charge is 0.0388 e. The Morgan fingerprint density at radius 2 is 1.23 bits per heavy atom. The van der Waals surface area contributed by atoms with Crippen molar-refractivity contribution in [2.24, 2.45) is 11.1 Å². The molecule has 2 nitrogen and oxygen atoms in total. The van der Waals surface area contributed by atoms with Crippen molar-refractivity contribution in [3.8, 4) is 0 Å². The van der Waals surface area contributed by atoms with Crippen molar-refractivity contribution in [1.29, 1.82) is 0 Å². The van der Waals surface area contributed by atoms with Gasteiger partial charge in [-0.15, -0.1) is 0 Å². The molecule has 0 atom stereocenters. The maximum absolute atomic E-state index is 6.42. The summed E-state index contributed by atoms with van der Waals surface area (Å²) in [5.41, 5.74) is 8.78. The molecule has 118 valence electrons. The van der Waals surface area contributed by atoms with E-state index >= 15 is 0 Å². The fourth-order valence-corrected chi connectivity index (χ4v) is 3.83. The predicted octanol–water partition coefficient (Wildman–Crippen LogP) is 3.52. The Morgan fingerprint density at radius 3 is 1.55 bits per heavy atom. The molecule has 0 fully saturated rings. The average Bonchev–Trinajstić information content (AvgIpc) is 2.49. The van der Waals surface area contributed by atoms with E-state index < -0.39 is 0 Å². The summed E-state index contributed by atoms with van der Waals surface area (Å²) in [6.07, 6.45) is 0. The molecule has 0 unspecified atom stereocenters. The van der Waals surface area contributed by atoms with E-state index in [0.717, 1.165) is 6.54 Å². The van der Waals surface area contributed by atoms with Gasteiger partial charge < -0.3 is 10.6 Å². The van der Waals surface area contributed by atoms with Gasteiger partial charge in [0.15, 0.2) is 0 Å². The van der Waals surface area contributed by atoms with Gasteiger partial charge in [-0.05, 0) is 30.6 Å². The van der Waals surface area contributed by atoms with Crippen molar-refractivity contribution < 1.29 is 0 Å². The van der Waals surface area contributed by atoms with Crippen molar-refractivity contribution in [3.63, 3.8) is 0 Å². The maximum Gasteiger partial charge on any atom is 0.0388 e. The summed E-state index contributed by atoms with van der Waals surface area (Å²) in [5.74, 6) is 0. The molecule has 0 radical (unpaired) electrons. The first kappa shape index (κ1) is 16.7. The monoisotopic (exact) mass is 296 g/mol. The van der Waals surface area contributed by atoms with Crippen LogP contribution in [0.25, 0.3) is 0 Å². The third-order valence-electron chi connectivity index (χ3n) is 4.71. The molecule has 0 saturated carbocycles. The van der Waals surface area contributed by atoms with Gasteiger partial charge in [-0.2, -0.15) is 0 Å². The third-order valence-corrected chi connectivity index (χ3v) is 4.71. The summed E-state index contributed by atoms with van der Waals surface area (Å²) in [5, 5.41) is 0. The highest BCUT2D eigenvalue weighted by atomic mass is 15.1. The fraction of sp³-hybridized carbons (Fsp3) is 0.400. The van der Waals surface area contributed by atoms with Crippen LogP contribution < -0.4 is 5.73 Å². The second kappa shape index (κ2) is 6.64. The van der Waals surface area contributed by atoms with Gasteiger partial charge in [0.2, 0.25) is 0 Å². The Balaban J connectivity index is 2.68. The molecular formula is C20H28N2. The first-order chi connectivity index (χ1) is 10.4. The number of rotatable bonds is 6. The number of hydrogen-bond acceptors (Lipinski definition) is 2. The van der Waals surface area contributed by atoms with E-state index in [0.29, 0.717) is 6.54 Å². The van der Waals surface area contributed by atoms with Crippen LogP contribution in [-0.2, 0) is 5.41 Å². The van der Waals surface area contributed by atoms with Crippen LogP contribution in [0.4, 0.5) is 0 Å². The molecule has 0 bridgehead atoms. The molecule has 0 aliphatic carbocycles. The Kier molecular flexibility index (Phi) is 5.05. The Hall–Kier alpha value is -1.64. The van der Waals surface area contributed by atoms with Crippen LogP contribution in [0.15, 0.2) is 60.7 Å². The lowest BCUT2D eigenvalue weighted by atomic mass is 9.58. The zero-order valence-corrected chi connectivity index (χ0v) is 14.2. The van der Waals surface area contributed by atoms with Crippen LogP contribution in [0.1, 0.15) is 25.0 Å². The lowest BCUT2D eigenvalue weighted by Gasteiger charge is -2.48.